The number of unbranched alkanes of at least 4 members (excludes halogenated alkanes) is 1. The third kappa shape index (κ3) is 9.03. The number of benzene rings is 4. The Morgan fingerprint density at radius 2 is 1.45 bits per heavy atom. The van der Waals surface area contributed by atoms with Gasteiger partial charge >= 0.3 is 0 Å². The van der Waals surface area contributed by atoms with Gasteiger partial charge in [-0.05, 0) is 60.0 Å². The number of amides is 2. The summed E-state index contributed by atoms with van der Waals surface area (Å²) in [6.45, 7) is 2.13. The fourth-order valence-corrected chi connectivity index (χ4v) is 6.80. The van der Waals surface area contributed by atoms with Gasteiger partial charge in [-0.2, -0.15) is 0 Å². The van der Waals surface area contributed by atoms with Crippen LogP contribution in [-0.2, 0) is 32.6 Å². The van der Waals surface area contributed by atoms with Crippen LogP contribution in [0.15, 0.2) is 123 Å². The van der Waals surface area contributed by atoms with Crippen LogP contribution in [0.4, 0.5) is 5.69 Å². The van der Waals surface area contributed by atoms with Gasteiger partial charge in [-0.25, -0.2) is 8.42 Å². The van der Waals surface area contributed by atoms with Crippen molar-refractivity contribution in [2.45, 2.75) is 43.7 Å². The first kappa shape index (κ1) is 33.4. The minimum atomic E-state index is -4.14. The smallest absolute Gasteiger partial charge is 0.264 e. The number of carbonyl (C=O) groups is 2. The topological polar surface area (TPSA) is 86.8 Å². The fraction of sp³-hybridized carbons (Fsp3) is 0.235. The zero-order valence-electron chi connectivity index (χ0n) is 24.4. The Labute approximate surface area is 276 Å². The van der Waals surface area contributed by atoms with Crippen molar-refractivity contribution in [2.75, 3.05) is 17.4 Å². The molecule has 230 valence electrons. The van der Waals surface area contributed by atoms with E-state index in [9.17, 15) is 18.0 Å². The Kier molecular flexibility index (Phi) is 12.2. The molecule has 0 spiro atoms. The van der Waals surface area contributed by atoms with E-state index in [-0.39, 0.29) is 23.8 Å². The number of halogens is 2. The third-order valence-corrected chi connectivity index (χ3v) is 9.88. The first-order chi connectivity index (χ1) is 21.2. The Morgan fingerprint density at radius 3 is 2.09 bits per heavy atom. The van der Waals surface area contributed by atoms with Crippen LogP contribution in [-0.4, -0.2) is 44.3 Å². The molecule has 0 fully saturated rings. The highest BCUT2D eigenvalue weighted by molar-refractivity contribution is 9.10. The zero-order valence-corrected chi connectivity index (χ0v) is 28.4. The maximum Gasteiger partial charge on any atom is 0.264 e. The molecule has 0 aliphatic rings. The number of sulfonamides is 1. The molecule has 0 unspecified atom stereocenters. The summed E-state index contributed by atoms with van der Waals surface area (Å²) in [5.41, 5.74) is 2.02. The second-order valence-corrected chi connectivity index (χ2v) is 14.0. The molecule has 1 atom stereocenters. The van der Waals surface area contributed by atoms with Gasteiger partial charge in [0.25, 0.3) is 10.0 Å². The summed E-state index contributed by atoms with van der Waals surface area (Å²) in [5, 5.41) is 3.00. The predicted octanol–water partition coefficient (Wildman–Crippen LogP) is 6.96. The van der Waals surface area contributed by atoms with E-state index in [0.717, 1.165) is 32.7 Å². The maximum atomic E-state index is 14.4. The Morgan fingerprint density at radius 1 is 0.795 bits per heavy atom. The lowest BCUT2D eigenvalue weighted by Gasteiger charge is -2.34. The van der Waals surface area contributed by atoms with E-state index in [4.69, 9.17) is 0 Å². The van der Waals surface area contributed by atoms with Crippen LogP contribution in [0, 0.1) is 0 Å². The molecule has 44 heavy (non-hydrogen) atoms. The number of carbonyl (C=O) groups excluding carboxylic acids is 2. The lowest BCUT2D eigenvalue weighted by atomic mass is 10.0. The van der Waals surface area contributed by atoms with Gasteiger partial charge in [0, 0.05) is 28.5 Å². The van der Waals surface area contributed by atoms with E-state index in [1.807, 2.05) is 61.5 Å². The van der Waals surface area contributed by atoms with Crippen molar-refractivity contribution in [1.82, 2.24) is 10.2 Å². The highest BCUT2D eigenvalue weighted by atomic mass is 79.9. The highest BCUT2D eigenvalue weighted by Gasteiger charge is 2.34. The lowest BCUT2D eigenvalue weighted by molar-refractivity contribution is -0.140. The average Bonchev–Trinajstić information content (AvgIpc) is 3.03. The number of hydrogen-bond donors (Lipinski definition) is 1. The largest absolute Gasteiger partial charge is 0.354 e. The van der Waals surface area contributed by atoms with E-state index in [1.54, 1.807) is 42.5 Å². The van der Waals surface area contributed by atoms with E-state index < -0.39 is 28.5 Å². The van der Waals surface area contributed by atoms with Gasteiger partial charge in [-0.3, -0.25) is 13.9 Å². The SMILES string of the molecule is CCCCNC(=O)[C@@H](Cc1ccccc1)N(Cc1ccc(Br)cc1)C(=O)CN(c1cccc(Br)c1)S(=O)(=O)c1ccccc1. The second kappa shape index (κ2) is 16.0. The Balaban J connectivity index is 1.78. The molecule has 4 rings (SSSR count). The molecule has 0 saturated heterocycles. The van der Waals surface area contributed by atoms with Crippen LogP contribution in [0.3, 0.4) is 0 Å². The van der Waals surface area contributed by atoms with E-state index in [1.165, 1.54) is 17.0 Å². The molecule has 0 heterocycles. The molecule has 0 saturated carbocycles. The molecule has 10 heteroatoms. The molecule has 2 amide bonds. The first-order valence-electron chi connectivity index (χ1n) is 14.4. The van der Waals surface area contributed by atoms with Gasteiger partial charge in [0.05, 0.1) is 10.6 Å². The van der Waals surface area contributed by atoms with Crippen LogP contribution in [0.2, 0.25) is 0 Å². The van der Waals surface area contributed by atoms with Crippen LogP contribution < -0.4 is 9.62 Å². The van der Waals surface area contributed by atoms with Crippen LogP contribution in [0.25, 0.3) is 0 Å². The number of hydrogen-bond acceptors (Lipinski definition) is 4. The summed E-state index contributed by atoms with van der Waals surface area (Å²) in [7, 11) is -4.14. The molecule has 0 aromatic heterocycles. The zero-order chi connectivity index (χ0) is 31.5. The van der Waals surface area contributed by atoms with Gasteiger partial charge in [-0.15, -0.1) is 0 Å². The molecule has 0 aliphatic carbocycles. The standard InChI is InChI=1S/C34H35Br2N3O4S/c1-2-3-21-37-34(41)32(22-26-11-6-4-7-12-26)38(24-27-17-19-28(35)20-18-27)33(40)25-39(30-14-10-13-29(36)23-30)44(42,43)31-15-8-5-9-16-31/h4-20,23,32H,2-3,21-22,24-25H2,1H3,(H,37,41)/t32-/m1/s1. The van der Waals surface area contributed by atoms with Crippen LogP contribution in [0.5, 0.6) is 0 Å². The monoisotopic (exact) mass is 739 g/mol. The van der Waals surface area contributed by atoms with Crippen molar-refractivity contribution >= 4 is 59.4 Å². The van der Waals surface area contributed by atoms with E-state index >= 15 is 0 Å². The fourth-order valence-electron chi connectivity index (χ4n) is 4.73. The average molecular weight is 742 g/mol. The molecule has 4 aromatic carbocycles. The van der Waals surface area contributed by atoms with Crippen molar-refractivity contribution < 1.29 is 18.0 Å². The Bertz CT molecular complexity index is 1640. The molecule has 0 aliphatic heterocycles. The highest BCUT2D eigenvalue weighted by Crippen LogP contribution is 2.27. The first-order valence-corrected chi connectivity index (χ1v) is 17.4. The summed E-state index contributed by atoms with van der Waals surface area (Å²) < 4.78 is 30.7. The summed E-state index contributed by atoms with van der Waals surface area (Å²) in [6.07, 6.45) is 1.98. The molecule has 0 radical (unpaired) electrons. The van der Waals surface area contributed by atoms with Gasteiger partial charge in [0.15, 0.2) is 0 Å². The molecule has 0 bridgehead atoms. The predicted molar refractivity (Wildman–Crippen MR) is 182 cm³/mol. The van der Waals surface area contributed by atoms with Gasteiger partial charge < -0.3 is 10.2 Å². The van der Waals surface area contributed by atoms with Crippen LogP contribution in [0.1, 0.15) is 30.9 Å². The van der Waals surface area contributed by atoms with E-state index in [2.05, 4.69) is 37.2 Å². The summed E-state index contributed by atoms with van der Waals surface area (Å²) >= 11 is 6.89. The molecular formula is C34H35Br2N3O4S. The molecule has 4 aromatic rings. The van der Waals surface area contributed by atoms with Crippen molar-refractivity contribution in [1.29, 1.82) is 0 Å². The van der Waals surface area contributed by atoms with Gasteiger partial charge in [-0.1, -0.05) is 112 Å². The minimum absolute atomic E-state index is 0.0605. The summed E-state index contributed by atoms with van der Waals surface area (Å²) in [5.74, 6) is -0.786. The normalized spacial score (nSPS) is 11.9. The minimum Gasteiger partial charge on any atom is -0.354 e. The molecule has 7 nitrogen and oxygen atoms in total. The quantitative estimate of drug-likeness (QED) is 0.142. The number of rotatable bonds is 14. The maximum absolute atomic E-state index is 14.4. The number of nitrogens with one attached hydrogen (secondary N) is 1. The van der Waals surface area contributed by atoms with Crippen molar-refractivity contribution in [3.63, 3.8) is 0 Å². The lowest BCUT2D eigenvalue weighted by Crippen LogP contribution is -2.53. The molecular weight excluding hydrogens is 706 g/mol. The Hall–Kier alpha value is -3.47. The summed E-state index contributed by atoms with van der Waals surface area (Å²) in [6, 6.07) is 31.0. The summed E-state index contributed by atoms with van der Waals surface area (Å²) in [4.78, 5) is 29.8. The van der Waals surface area contributed by atoms with Crippen molar-refractivity contribution in [2.24, 2.45) is 0 Å². The van der Waals surface area contributed by atoms with Crippen LogP contribution >= 0.6 is 31.9 Å². The van der Waals surface area contributed by atoms with Gasteiger partial charge in [0.1, 0.15) is 12.6 Å². The third-order valence-electron chi connectivity index (χ3n) is 7.07. The van der Waals surface area contributed by atoms with Crippen molar-refractivity contribution in [3.05, 3.63) is 129 Å². The van der Waals surface area contributed by atoms with E-state index in [0.29, 0.717) is 16.7 Å². The van der Waals surface area contributed by atoms with Crippen molar-refractivity contribution in [3.8, 4) is 0 Å². The number of anilines is 1. The van der Waals surface area contributed by atoms with Gasteiger partial charge in [0.2, 0.25) is 11.8 Å². The number of nitrogens with zero attached hydrogens (tertiary/aromatic N) is 2. The second-order valence-electron chi connectivity index (χ2n) is 10.3. The molecule has 1 N–H and O–H groups in total.